The van der Waals surface area contributed by atoms with E-state index in [2.05, 4.69) is 4.99 Å². The Labute approximate surface area is 109 Å². The van der Waals surface area contributed by atoms with Crippen LogP contribution >= 0.6 is 11.3 Å². The molecule has 2 aromatic rings. The van der Waals surface area contributed by atoms with Gasteiger partial charge in [0.15, 0.2) is 0 Å². The molecule has 0 amide bonds. The van der Waals surface area contributed by atoms with Crippen molar-refractivity contribution in [2.45, 2.75) is 13.8 Å². The maximum Gasteiger partial charge on any atom is 0.271 e. The summed E-state index contributed by atoms with van der Waals surface area (Å²) in [5, 5.41) is 12.7. The number of thiophene rings is 1. The van der Waals surface area contributed by atoms with Crippen LogP contribution in [-0.4, -0.2) is 11.1 Å². The summed E-state index contributed by atoms with van der Waals surface area (Å²) in [6.45, 7) is 3.90. The van der Waals surface area contributed by atoms with Crippen molar-refractivity contribution in [2.24, 2.45) is 4.99 Å². The highest BCUT2D eigenvalue weighted by Crippen LogP contribution is 2.25. The van der Waals surface area contributed by atoms with Crippen LogP contribution in [0.3, 0.4) is 0 Å². The fraction of sp³-hybridized carbons (Fsp3) is 0.154. The number of non-ortho nitro benzene ring substituents is 1. The maximum absolute atomic E-state index is 10.7. The summed E-state index contributed by atoms with van der Waals surface area (Å²) in [5.74, 6) is 0. The second-order valence-corrected chi connectivity index (χ2v) is 4.90. The number of nitro benzene ring substituents is 1. The molecule has 4 nitrogen and oxygen atoms in total. The highest BCUT2D eigenvalue weighted by molar-refractivity contribution is 7.11. The molecule has 0 bridgehead atoms. The van der Waals surface area contributed by atoms with Gasteiger partial charge in [0.25, 0.3) is 5.69 Å². The first-order chi connectivity index (χ1) is 8.58. The number of rotatable bonds is 3. The van der Waals surface area contributed by atoms with Gasteiger partial charge >= 0.3 is 0 Å². The van der Waals surface area contributed by atoms with Crippen molar-refractivity contribution >= 4 is 28.9 Å². The Morgan fingerprint density at radius 2 is 2.06 bits per heavy atom. The average molecular weight is 260 g/mol. The van der Waals surface area contributed by atoms with Gasteiger partial charge in [-0.1, -0.05) is 6.07 Å². The minimum Gasteiger partial charge on any atom is -0.258 e. The van der Waals surface area contributed by atoms with Crippen LogP contribution in [-0.2, 0) is 0 Å². The molecule has 1 heterocycles. The normalized spacial score (nSPS) is 11.0. The Morgan fingerprint density at radius 1 is 1.28 bits per heavy atom. The number of benzene rings is 1. The molecular formula is C13H12N2O2S. The molecule has 18 heavy (non-hydrogen) atoms. The Balaban J connectivity index is 2.34. The SMILES string of the molecule is Cc1ccc([N+](=O)[O-])cc1N=Cc1sccc1C. The van der Waals surface area contributed by atoms with Crippen LogP contribution in [0.2, 0.25) is 0 Å². The molecule has 0 unspecified atom stereocenters. The van der Waals surface area contributed by atoms with Gasteiger partial charge in [-0.25, -0.2) is 0 Å². The van der Waals surface area contributed by atoms with E-state index in [1.807, 2.05) is 25.3 Å². The third kappa shape index (κ3) is 2.62. The van der Waals surface area contributed by atoms with Gasteiger partial charge in [-0.15, -0.1) is 11.3 Å². The number of nitro groups is 1. The molecule has 92 valence electrons. The third-order valence-corrected chi connectivity index (χ3v) is 3.58. The van der Waals surface area contributed by atoms with E-state index >= 15 is 0 Å². The van der Waals surface area contributed by atoms with E-state index in [1.165, 1.54) is 12.1 Å². The van der Waals surface area contributed by atoms with Crippen LogP contribution < -0.4 is 0 Å². The van der Waals surface area contributed by atoms with Crippen LogP contribution in [0.4, 0.5) is 11.4 Å². The van der Waals surface area contributed by atoms with Crippen LogP contribution in [0.25, 0.3) is 0 Å². The average Bonchev–Trinajstić information content (AvgIpc) is 2.73. The third-order valence-electron chi connectivity index (χ3n) is 2.63. The molecule has 0 N–H and O–H groups in total. The van der Waals surface area contributed by atoms with Gasteiger partial charge in [-0.05, 0) is 36.4 Å². The van der Waals surface area contributed by atoms with Crippen molar-refractivity contribution in [3.63, 3.8) is 0 Å². The number of hydrogen-bond acceptors (Lipinski definition) is 4. The summed E-state index contributed by atoms with van der Waals surface area (Å²) in [6.07, 6.45) is 1.76. The fourth-order valence-corrected chi connectivity index (χ4v) is 2.28. The summed E-state index contributed by atoms with van der Waals surface area (Å²) in [6, 6.07) is 6.72. The fourth-order valence-electron chi connectivity index (χ4n) is 1.50. The van der Waals surface area contributed by atoms with Crippen LogP contribution in [0, 0.1) is 24.0 Å². The number of aliphatic imine (C=N–C) groups is 1. The maximum atomic E-state index is 10.7. The molecular weight excluding hydrogens is 248 g/mol. The van der Waals surface area contributed by atoms with Gasteiger partial charge in [0.2, 0.25) is 0 Å². The first kappa shape index (κ1) is 12.4. The number of aryl methyl sites for hydroxylation is 2. The second-order valence-electron chi connectivity index (χ2n) is 3.95. The molecule has 0 saturated carbocycles. The van der Waals surface area contributed by atoms with E-state index in [9.17, 15) is 10.1 Å². The smallest absolute Gasteiger partial charge is 0.258 e. The van der Waals surface area contributed by atoms with E-state index in [1.54, 1.807) is 23.6 Å². The summed E-state index contributed by atoms with van der Waals surface area (Å²) in [4.78, 5) is 15.7. The Hall–Kier alpha value is -2.01. The monoisotopic (exact) mass is 260 g/mol. The lowest BCUT2D eigenvalue weighted by atomic mass is 10.2. The summed E-state index contributed by atoms with van der Waals surface area (Å²) in [7, 11) is 0. The van der Waals surface area contributed by atoms with E-state index in [-0.39, 0.29) is 5.69 Å². The molecule has 5 heteroatoms. The largest absolute Gasteiger partial charge is 0.271 e. The summed E-state index contributed by atoms with van der Waals surface area (Å²) < 4.78 is 0. The van der Waals surface area contributed by atoms with Gasteiger partial charge in [0.05, 0.1) is 10.6 Å². The van der Waals surface area contributed by atoms with Crippen molar-refractivity contribution in [1.82, 2.24) is 0 Å². The number of nitrogens with zero attached hydrogens (tertiary/aromatic N) is 2. The van der Waals surface area contributed by atoms with Crippen molar-refractivity contribution in [1.29, 1.82) is 0 Å². The summed E-state index contributed by atoms with van der Waals surface area (Å²) in [5.41, 5.74) is 2.78. The molecule has 0 saturated heterocycles. The molecule has 0 aliphatic heterocycles. The zero-order valence-corrected chi connectivity index (χ0v) is 10.9. The first-order valence-corrected chi connectivity index (χ1v) is 6.29. The minimum atomic E-state index is -0.408. The lowest BCUT2D eigenvalue weighted by Gasteiger charge is -1.99. The first-order valence-electron chi connectivity index (χ1n) is 5.41. The van der Waals surface area contributed by atoms with Gasteiger partial charge in [-0.3, -0.25) is 15.1 Å². The van der Waals surface area contributed by atoms with Crippen molar-refractivity contribution in [2.75, 3.05) is 0 Å². The van der Waals surface area contributed by atoms with E-state index < -0.39 is 4.92 Å². The van der Waals surface area contributed by atoms with Gasteiger partial charge in [0.1, 0.15) is 0 Å². The molecule has 0 fully saturated rings. The quantitative estimate of drug-likeness (QED) is 0.475. The Morgan fingerprint density at radius 3 is 2.67 bits per heavy atom. The molecule has 2 rings (SSSR count). The van der Waals surface area contributed by atoms with E-state index in [4.69, 9.17) is 0 Å². The molecule has 0 aliphatic rings. The zero-order chi connectivity index (χ0) is 13.1. The van der Waals surface area contributed by atoms with E-state index in [0.717, 1.165) is 16.0 Å². The lowest BCUT2D eigenvalue weighted by Crippen LogP contribution is -1.88. The van der Waals surface area contributed by atoms with Crippen molar-refractivity contribution in [3.8, 4) is 0 Å². The van der Waals surface area contributed by atoms with Crippen LogP contribution in [0.15, 0.2) is 34.6 Å². The van der Waals surface area contributed by atoms with Gasteiger partial charge < -0.3 is 0 Å². The van der Waals surface area contributed by atoms with Crippen molar-refractivity contribution < 1.29 is 4.92 Å². The molecule has 1 aromatic carbocycles. The van der Waals surface area contributed by atoms with Crippen LogP contribution in [0.1, 0.15) is 16.0 Å². The molecule has 0 radical (unpaired) electrons. The van der Waals surface area contributed by atoms with Gasteiger partial charge in [0, 0.05) is 23.2 Å². The number of hydrogen-bond donors (Lipinski definition) is 0. The second kappa shape index (κ2) is 5.10. The highest BCUT2D eigenvalue weighted by Gasteiger charge is 2.07. The zero-order valence-electron chi connectivity index (χ0n) is 10.1. The van der Waals surface area contributed by atoms with E-state index in [0.29, 0.717) is 5.69 Å². The Bertz CT molecular complexity index is 617. The Kier molecular flexibility index (Phi) is 3.53. The predicted molar refractivity (Wildman–Crippen MR) is 74.1 cm³/mol. The minimum absolute atomic E-state index is 0.0654. The van der Waals surface area contributed by atoms with Crippen molar-refractivity contribution in [3.05, 3.63) is 55.8 Å². The molecule has 0 atom stereocenters. The molecule has 0 spiro atoms. The molecule has 0 aliphatic carbocycles. The van der Waals surface area contributed by atoms with Gasteiger partial charge in [-0.2, -0.15) is 0 Å². The lowest BCUT2D eigenvalue weighted by molar-refractivity contribution is -0.384. The topological polar surface area (TPSA) is 55.5 Å². The highest BCUT2D eigenvalue weighted by atomic mass is 32.1. The predicted octanol–water partition coefficient (Wildman–Crippen LogP) is 4.02. The molecule has 1 aromatic heterocycles. The van der Waals surface area contributed by atoms with Crippen LogP contribution in [0.5, 0.6) is 0 Å². The summed E-state index contributed by atoms with van der Waals surface area (Å²) >= 11 is 1.60. The standard InChI is InChI=1S/C13H12N2O2S/c1-9-3-4-11(15(16)17)7-12(9)14-8-13-10(2)5-6-18-13/h3-8H,1-2H3.